The molecular formula is C30H38N6O3Si. The lowest BCUT2D eigenvalue weighted by molar-refractivity contribution is 0.169. The molecule has 0 bridgehead atoms. The molecule has 1 aliphatic rings. The predicted molar refractivity (Wildman–Crippen MR) is 159 cm³/mol. The number of hydrogen-bond acceptors (Lipinski definition) is 6. The Morgan fingerprint density at radius 2 is 1.93 bits per heavy atom. The van der Waals surface area contributed by atoms with Gasteiger partial charge in [0.15, 0.2) is 8.32 Å². The number of carbonyl (C=O) groups is 1. The molecule has 0 radical (unpaired) electrons. The van der Waals surface area contributed by atoms with Crippen molar-refractivity contribution in [2.24, 2.45) is 5.92 Å². The summed E-state index contributed by atoms with van der Waals surface area (Å²) in [5.74, 6) is 1.14. The number of nitriles is 1. The Balaban J connectivity index is 1.28. The van der Waals surface area contributed by atoms with Crippen LogP contribution in [0.1, 0.15) is 58.1 Å². The average Bonchev–Trinajstić information content (AvgIpc) is 3.54. The van der Waals surface area contributed by atoms with E-state index in [4.69, 9.17) is 19.5 Å². The number of anilines is 1. The minimum Gasteiger partial charge on any atom is -0.494 e. The predicted octanol–water partition coefficient (Wildman–Crippen LogP) is 7.10. The maximum absolute atomic E-state index is 13.2. The molecule has 0 spiro atoms. The number of fused-ring (bicyclic) bond motifs is 2. The fourth-order valence-electron chi connectivity index (χ4n) is 5.07. The van der Waals surface area contributed by atoms with Crippen molar-refractivity contribution in [3.05, 3.63) is 48.4 Å². The average molecular weight is 559 g/mol. The number of hydrogen-bond donors (Lipinski definition) is 1. The monoisotopic (exact) mass is 558 g/mol. The van der Waals surface area contributed by atoms with Crippen molar-refractivity contribution >= 4 is 42.0 Å². The SMILES string of the molecule is COc1cc2nn([C@H]3CC[C@H](CO[Si](C)(C)C(C)(C)C)CC3)cc2cc1NC(=O)n1ccc2cc(C#N)cnc21. The van der Waals surface area contributed by atoms with E-state index in [1.165, 1.54) is 10.8 Å². The Hall–Kier alpha value is -3.68. The van der Waals surface area contributed by atoms with Crippen molar-refractivity contribution in [1.82, 2.24) is 19.3 Å². The van der Waals surface area contributed by atoms with Crippen molar-refractivity contribution in [3.8, 4) is 11.8 Å². The Bertz CT molecular complexity index is 1580. The van der Waals surface area contributed by atoms with Crippen molar-refractivity contribution in [2.75, 3.05) is 19.0 Å². The highest BCUT2D eigenvalue weighted by molar-refractivity contribution is 6.74. The molecule has 10 heteroatoms. The van der Waals surface area contributed by atoms with Gasteiger partial charge in [-0.1, -0.05) is 20.8 Å². The summed E-state index contributed by atoms with van der Waals surface area (Å²) >= 11 is 0. The van der Waals surface area contributed by atoms with Crippen LogP contribution in [0.15, 0.2) is 42.9 Å². The molecule has 1 saturated carbocycles. The maximum Gasteiger partial charge on any atom is 0.331 e. The Morgan fingerprint density at radius 3 is 2.60 bits per heavy atom. The third-order valence-corrected chi connectivity index (χ3v) is 13.1. The van der Waals surface area contributed by atoms with Gasteiger partial charge in [-0.15, -0.1) is 0 Å². The Kier molecular flexibility index (Phi) is 7.46. The highest BCUT2D eigenvalue weighted by Gasteiger charge is 2.38. The molecule has 0 unspecified atom stereocenters. The molecule has 1 amide bonds. The van der Waals surface area contributed by atoms with Crippen LogP contribution in [0.25, 0.3) is 21.9 Å². The van der Waals surface area contributed by atoms with Crippen LogP contribution < -0.4 is 10.1 Å². The van der Waals surface area contributed by atoms with E-state index in [0.29, 0.717) is 34.6 Å². The minimum atomic E-state index is -1.73. The summed E-state index contributed by atoms with van der Waals surface area (Å²) < 4.78 is 15.6. The first-order valence-electron chi connectivity index (χ1n) is 13.9. The molecular weight excluding hydrogens is 520 g/mol. The van der Waals surface area contributed by atoms with Gasteiger partial charge in [0.2, 0.25) is 0 Å². The van der Waals surface area contributed by atoms with E-state index in [2.05, 4.69) is 61.1 Å². The number of pyridine rings is 1. The third-order valence-electron chi connectivity index (χ3n) is 8.64. The number of methoxy groups -OCH3 is 1. The number of nitrogens with zero attached hydrogens (tertiary/aromatic N) is 5. The van der Waals surface area contributed by atoms with E-state index in [1.807, 2.05) is 12.1 Å². The highest BCUT2D eigenvalue weighted by atomic mass is 28.4. The van der Waals surface area contributed by atoms with Gasteiger partial charge in [-0.3, -0.25) is 9.25 Å². The van der Waals surface area contributed by atoms with E-state index in [-0.39, 0.29) is 11.1 Å². The van der Waals surface area contributed by atoms with Gasteiger partial charge in [0.25, 0.3) is 0 Å². The largest absolute Gasteiger partial charge is 0.494 e. The Morgan fingerprint density at radius 1 is 1.18 bits per heavy atom. The second-order valence-electron chi connectivity index (χ2n) is 12.3. The molecule has 1 fully saturated rings. The van der Waals surface area contributed by atoms with Crippen molar-refractivity contribution in [1.29, 1.82) is 5.26 Å². The molecule has 9 nitrogen and oxygen atoms in total. The van der Waals surface area contributed by atoms with Gasteiger partial charge in [0, 0.05) is 42.0 Å². The number of ether oxygens (including phenoxy) is 1. The van der Waals surface area contributed by atoms with Gasteiger partial charge in [0.1, 0.15) is 17.5 Å². The van der Waals surface area contributed by atoms with Crippen molar-refractivity contribution in [3.63, 3.8) is 0 Å². The number of amides is 1. The smallest absolute Gasteiger partial charge is 0.331 e. The number of benzene rings is 1. The van der Waals surface area contributed by atoms with Gasteiger partial charge in [-0.2, -0.15) is 10.4 Å². The summed E-state index contributed by atoms with van der Waals surface area (Å²) in [5.41, 5.74) is 2.31. The van der Waals surface area contributed by atoms with Gasteiger partial charge in [-0.25, -0.2) is 9.78 Å². The van der Waals surface area contributed by atoms with Crippen molar-refractivity contribution in [2.45, 2.75) is 70.6 Å². The molecule has 5 rings (SSSR count). The fourth-order valence-corrected chi connectivity index (χ4v) is 6.15. The van der Waals surface area contributed by atoms with Crippen LogP contribution in [0.4, 0.5) is 10.5 Å². The quantitative estimate of drug-likeness (QED) is 0.253. The van der Waals surface area contributed by atoms with E-state index >= 15 is 0 Å². The molecule has 210 valence electrons. The van der Waals surface area contributed by atoms with Gasteiger partial charge in [0.05, 0.1) is 29.9 Å². The number of carbonyl (C=O) groups excluding carboxylic acids is 1. The summed E-state index contributed by atoms with van der Waals surface area (Å²) in [7, 11) is -0.149. The van der Waals surface area contributed by atoms with Crippen LogP contribution in [0.3, 0.4) is 0 Å². The van der Waals surface area contributed by atoms with Crippen LogP contribution in [0, 0.1) is 17.2 Å². The molecule has 0 atom stereocenters. The Labute approximate surface area is 236 Å². The summed E-state index contributed by atoms with van der Waals surface area (Å²) in [6, 6.07) is 9.30. The van der Waals surface area contributed by atoms with Gasteiger partial charge < -0.3 is 14.5 Å². The van der Waals surface area contributed by atoms with E-state index in [0.717, 1.165) is 48.6 Å². The standard InChI is InChI=1S/C30H38N6O3Si/c1-30(2,3)40(5,6)39-19-20-7-9-24(10-8-20)36-18-23-14-26(27(38-4)15-25(23)34-36)33-29(37)35-12-11-22-13-21(16-31)17-32-28(22)35/h11-15,17-18,20,24H,7-10,19H2,1-6H3,(H,33,37)/t20-,24-. The lowest BCUT2D eigenvalue weighted by atomic mass is 9.87. The van der Waals surface area contributed by atoms with E-state index in [9.17, 15) is 4.79 Å². The van der Waals surface area contributed by atoms with Gasteiger partial charge in [-0.05, 0) is 67.9 Å². The lowest BCUT2D eigenvalue weighted by Crippen LogP contribution is -2.42. The summed E-state index contributed by atoms with van der Waals surface area (Å²) in [5, 5.41) is 18.8. The lowest BCUT2D eigenvalue weighted by Gasteiger charge is -2.38. The normalized spacial score (nSPS) is 18.1. The zero-order chi connectivity index (χ0) is 28.7. The van der Waals surface area contributed by atoms with Crippen molar-refractivity contribution < 1.29 is 14.0 Å². The summed E-state index contributed by atoms with van der Waals surface area (Å²) in [6.07, 6.45) is 9.58. The molecule has 0 aliphatic heterocycles. The number of rotatable bonds is 6. The fraction of sp³-hybridized carbons (Fsp3) is 0.467. The van der Waals surface area contributed by atoms with Crippen LogP contribution in [0.5, 0.6) is 5.75 Å². The first kappa shape index (κ1) is 27.9. The molecule has 40 heavy (non-hydrogen) atoms. The second kappa shape index (κ2) is 10.7. The van der Waals surface area contributed by atoms with E-state index in [1.54, 1.807) is 25.4 Å². The zero-order valence-electron chi connectivity index (χ0n) is 24.2. The second-order valence-corrected chi connectivity index (χ2v) is 17.1. The van der Waals surface area contributed by atoms with Crippen LogP contribution in [-0.2, 0) is 4.43 Å². The minimum absolute atomic E-state index is 0.230. The molecule has 0 saturated heterocycles. The zero-order valence-corrected chi connectivity index (χ0v) is 25.2. The van der Waals surface area contributed by atoms with E-state index < -0.39 is 8.32 Å². The third kappa shape index (κ3) is 5.49. The first-order chi connectivity index (χ1) is 19.0. The molecule has 1 aromatic carbocycles. The first-order valence-corrected chi connectivity index (χ1v) is 16.8. The molecule has 4 aromatic rings. The van der Waals surface area contributed by atoms with Crippen LogP contribution in [-0.4, -0.2) is 47.4 Å². The highest BCUT2D eigenvalue weighted by Crippen LogP contribution is 2.39. The molecule has 1 aliphatic carbocycles. The maximum atomic E-state index is 13.2. The summed E-state index contributed by atoms with van der Waals surface area (Å²) in [4.78, 5) is 17.5. The number of nitrogens with one attached hydrogen (secondary N) is 1. The topological polar surface area (TPSA) is 107 Å². The van der Waals surface area contributed by atoms with Crippen LogP contribution in [0.2, 0.25) is 18.1 Å². The van der Waals surface area contributed by atoms with Gasteiger partial charge >= 0.3 is 6.03 Å². The molecule has 1 N–H and O–H groups in total. The molecule has 3 aromatic heterocycles. The molecule has 3 heterocycles. The van der Waals surface area contributed by atoms with Crippen LogP contribution >= 0.6 is 0 Å². The summed E-state index contributed by atoms with van der Waals surface area (Å²) in [6.45, 7) is 12.4. The number of aromatic nitrogens is 4.